The van der Waals surface area contributed by atoms with E-state index in [1.807, 2.05) is 0 Å². The molecule has 0 fully saturated rings. The van der Waals surface area contributed by atoms with Crippen molar-refractivity contribution < 1.29 is 0 Å². The van der Waals surface area contributed by atoms with Gasteiger partial charge in [-0.3, -0.25) is 0 Å². The minimum absolute atomic E-state index is 0.544. The van der Waals surface area contributed by atoms with Crippen LogP contribution >= 0.6 is 0 Å². The second-order valence-corrected chi connectivity index (χ2v) is 17.7. The molecule has 0 saturated carbocycles. The summed E-state index contributed by atoms with van der Waals surface area (Å²) in [5.74, 6) is 0.544. The van der Waals surface area contributed by atoms with Crippen LogP contribution in [0, 0.1) is 5.92 Å². The van der Waals surface area contributed by atoms with Crippen LogP contribution in [0.3, 0.4) is 0 Å². The number of aromatic nitrogens is 2. The highest BCUT2D eigenvalue weighted by Gasteiger charge is 2.26. The largest absolute Gasteiger partial charge is 0.309 e. The highest BCUT2D eigenvalue weighted by molar-refractivity contribution is 6.26. The Morgan fingerprint density at radius 2 is 1.00 bits per heavy atom. The van der Waals surface area contributed by atoms with Gasteiger partial charge in [-0.15, -0.1) is 0 Å². The topological polar surface area (TPSA) is 9.86 Å². The molecule has 2 aliphatic carbocycles. The van der Waals surface area contributed by atoms with Gasteiger partial charge in [0.1, 0.15) is 0 Å². The molecule has 64 heavy (non-hydrogen) atoms. The number of para-hydroxylation sites is 2. The predicted octanol–water partition coefficient (Wildman–Crippen LogP) is 16.6. The van der Waals surface area contributed by atoms with Crippen molar-refractivity contribution in [2.24, 2.45) is 5.92 Å². The maximum Gasteiger partial charge on any atom is 0.0641 e. The van der Waals surface area contributed by atoms with E-state index < -0.39 is 0 Å². The first-order valence-electron chi connectivity index (χ1n) is 22.6. The smallest absolute Gasteiger partial charge is 0.0641 e. The number of benzene rings is 9. The summed E-state index contributed by atoms with van der Waals surface area (Å²) >= 11 is 0. The first-order chi connectivity index (χ1) is 31.6. The molecule has 0 saturated heterocycles. The molecule has 2 heterocycles. The Kier molecular flexibility index (Phi) is 8.36. The maximum atomic E-state index is 2.54. The van der Waals surface area contributed by atoms with Crippen molar-refractivity contribution in [1.29, 1.82) is 0 Å². The number of allylic oxidation sites excluding steroid dienone is 4. The molecule has 11 aromatic rings. The highest BCUT2D eigenvalue weighted by atomic mass is 15.0. The zero-order chi connectivity index (χ0) is 42.3. The highest BCUT2D eigenvalue weighted by Crippen LogP contribution is 2.46. The predicted molar refractivity (Wildman–Crippen MR) is 271 cm³/mol. The van der Waals surface area contributed by atoms with Crippen LogP contribution in [0.1, 0.15) is 24.5 Å². The zero-order valence-corrected chi connectivity index (χ0v) is 35.7. The van der Waals surface area contributed by atoms with Crippen LogP contribution in [0.5, 0.6) is 0 Å². The van der Waals surface area contributed by atoms with Crippen molar-refractivity contribution in [3.05, 3.63) is 230 Å². The van der Waals surface area contributed by atoms with Crippen LogP contribution in [-0.2, 0) is 6.42 Å². The fourth-order valence-electron chi connectivity index (χ4n) is 10.8. The van der Waals surface area contributed by atoms with Crippen LogP contribution in [0.4, 0.5) is 0 Å². The summed E-state index contributed by atoms with van der Waals surface area (Å²) in [6.45, 7) is 2.30. The second kappa shape index (κ2) is 14.6. The van der Waals surface area contributed by atoms with E-state index in [1.165, 1.54) is 122 Å². The fraction of sp³-hybridized carbons (Fsp3) is 0.0645. The third-order valence-electron chi connectivity index (χ3n) is 13.9. The van der Waals surface area contributed by atoms with Crippen LogP contribution in [0.15, 0.2) is 218 Å². The Balaban J connectivity index is 0.887. The van der Waals surface area contributed by atoms with E-state index >= 15 is 0 Å². The molecule has 302 valence electrons. The van der Waals surface area contributed by atoms with E-state index in [1.54, 1.807) is 0 Å². The van der Waals surface area contributed by atoms with Gasteiger partial charge in [-0.25, -0.2) is 0 Å². The van der Waals surface area contributed by atoms with Crippen LogP contribution in [0.2, 0.25) is 0 Å². The quantitative estimate of drug-likeness (QED) is 0.158. The maximum absolute atomic E-state index is 2.54. The molecular formula is C62H44N2. The first-order valence-corrected chi connectivity index (χ1v) is 22.6. The zero-order valence-electron chi connectivity index (χ0n) is 35.7. The first kappa shape index (κ1) is 36.7. The molecule has 0 bridgehead atoms. The number of rotatable bonds is 6. The second-order valence-electron chi connectivity index (χ2n) is 17.7. The molecule has 2 nitrogen and oxygen atoms in total. The lowest BCUT2D eigenvalue weighted by Crippen LogP contribution is -2.01. The summed E-state index contributed by atoms with van der Waals surface area (Å²) in [7, 11) is 0. The van der Waals surface area contributed by atoms with Crippen molar-refractivity contribution in [1.82, 2.24) is 9.13 Å². The van der Waals surface area contributed by atoms with Gasteiger partial charge in [0.2, 0.25) is 0 Å². The molecule has 2 heteroatoms. The average molecular weight is 817 g/mol. The van der Waals surface area contributed by atoms with E-state index in [0.29, 0.717) is 5.92 Å². The third-order valence-corrected chi connectivity index (χ3v) is 13.9. The van der Waals surface area contributed by atoms with Crippen molar-refractivity contribution >= 4 is 49.3 Å². The van der Waals surface area contributed by atoms with Crippen LogP contribution < -0.4 is 0 Å². The minimum atomic E-state index is 0.544. The van der Waals surface area contributed by atoms with Gasteiger partial charge in [0, 0.05) is 33.7 Å². The van der Waals surface area contributed by atoms with Crippen LogP contribution in [-0.4, -0.2) is 9.13 Å². The van der Waals surface area contributed by atoms with Crippen molar-refractivity contribution in [2.75, 3.05) is 0 Å². The van der Waals surface area contributed by atoms with E-state index in [4.69, 9.17) is 0 Å². The van der Waals surface area contributed by atoms with E-state index in [0.717, 1.165) is 12.8 Å². The Labute approximate surface area is 373 Å². The Morgan fingerprint density at radius 3 is 1.67 bits per heavy atom. The lowest BCUT2D eigenvalue weighted by atomic mass is 9.94. The number of fused-ring (bicyclic) bond motifs is 10. The van der Waals surface area contributed by atoms with Gasteiger partial charge >= 0.3 is 0 Å². The van der Waals surface area contributed by atoms with Crippen LogP contribution in [0.25, 0.3) is 111 Å². The van der Waals surface area contributed by atoms with E-state index in [9.17, 15) is 0 Å². The molecule has 0 aliphatic heterocycles. The third kappa shape index (κ3) is 5.80. The number of hydrogen-bond acceptors (Lipinski definition) is 0. The Hall–Kier alpha value is -7.94. The van der Waals surface area contributed by atoms with Gasteiger partial charge in [-0.1, -0.05) is 177 Å². The van der Waals surface area contributed by atoms with Gasteiger partial charge < -0.3 is 9.13 Å². The molecule has 13 rings (SSSR count). The van der Waals surface area contributed by atoms with Gasteiger partial charge in [-0.2, -0.15) is 0 Å². The van der Waals surface area contributed by atoms with E-state index in [2.05, 4.69) is 234 Å². The minimum Gasteiger partial charge on any atom is -0.309 e. The van der Waals surface area contributed by atoms with Gasteiger partial charge in [0.15, 0.2) is 0 Å². The summed E-state index contributed by atoms with van der Waals surface area (Å²) in [4.78, 5) is 0. The summed E-state index contributed by atoms with van der Waals surface area (Å²) in [6, 6.07) is 74.2. The monoisotopic (exact) mass is 816 g/mol. The summed E-state index contributed by atoms with van der Waals surface area (Å²) in [6.07, 6.45) is 9.03. The SMILES string of the molecule is CC1C=CC(n2c3ccccc3c3ccc4c(c5ccccc5n4-c4cccc5c4Cc4cc(-c6cccc(-c7cccc(-c8cccc(-c9ccccc9)c8)c7)c6)ccc4-5)c32)=CC1. The van der Waals surface area contributed by atoms with Gasteiger partial charge in [-0.05, 0) is 128 Å². The van der Waals surface area contributed by atoms with E-state index in [-0.39, 0.29) is 0 Å². The molecule has 1 atom stereocenters. The summed E-state index contributed by atoms with van der Waals surface area (Å²) in [5.41, 5.74) is 22.7. The lowest BCUT2D eigenvalue weighted by molar-refractivity contribution is 0.735. The molecule has 0 radical (unpaired) electrons. The summed E-state index contributed by atoms with van der Waals surface area (Å²) in [5, 5.41) is 5.17. The van der Waals surface area contributed by atoms with Crippen molar-refractivity contribution in [2.45, 2.75) is 19.8 Å². The summed E-state index contributed by atoms with van der Waals surface area (Å²) < 4.78 is 5.07. The molecular weight excluding hydrogens is 773 g/mol. The number of nitrogens with zero attached hydrogens (tertiary/aromatic N) is 2. The molecule has 0 amide bonds. The molecule has 1 unspecified atom stereocenters. The Morgan fingerprint density at radius 1 is 0.422 bits per heavy atom. The Bertz CT molecular complexity index is 3740. The van der Waals surface area contributed by atoms with Crippen molar-refractivity contribution in [3.63, 3.8) is 0 Å². The average Bonchev–Trinajstić information content (AvgIpc) is 4.02. The molecule has 2 aliphatic rings. The molecule has 0 N–H and O–H groups in total. The number of hydrogen-bond donors (Lipinski definition) is 0. The fourth-order valence-corrected chi connectivity index (χ4v) is 10.8. The van der Waals surface area contributed by atoms with Gasteiger partial charge in [0.05, 0.1) is 27.8 Å². The standard InChI is InChI=1S/C62H44N2/c1-40-27-30-50(31-28-40)63-57-24-7-5-21-53(57)54-33-34-60-61(62(54)63)55-22-6-8-25-58(55)64(60)59-26-12-23-52-51-32-29-48(38-49(51)39-56(52)59)47-20-11-19-46(37-47)45-18-10-17-44(36-45)43-16-9-15-42(35-43)41-13-3-2-4-14-41/h2-27,29-38,40H,28,39H2,1H3. The molecule has 2 aromatic heterocycles. The van der Waals surface area contributed by atoms with Crippen molar-refractivity contribution in [3.8, 4) is 61.3 Å². The molecule has 0 spiro atoms. The normalized spacial score (nSPS) is 14.4. The van der Waals surface area contributed by atoms with Gasteiger partial charge in [0.25, 0.3) is 0 Å². The lowest BCUT2D eigenvalue weighted by Gasteiger charge is -2.16. The molecule has 9 aromatic carbocycles.